The molecular weight excluding hydrogens is 327 g/mol. The Morgan fingerprint density at radius 1 is 1.45 bits per heavy atom. The third kappa shape index (κ3) is 3.18. The molecule has 6 nitrogen and oxygen atoms in total. The number of benzene rings is 1. The van der Waals surface area contributed by atoms with Crippen LogP contribution in [0.3, 0.4) is 0 Å². The molecule has 2 aromatic rings. The van der Waals surface area contributed by atoms with E-state index in [1.165, 1.54) is 17.3 Å². The smallest absolute Gasteiger partial charge is 0.242 e. The van der Waals surface area contributed by atoms with E-state index >= 15 is 0 Å². The molecule has 0 bridgehead atoms. The molecule has 116 valence electrons. The zero-order valence-electron chi connectivity index (χ0n) is 11.6. The van der Waals surface area contributed by atoms with Crippen LogP contribution in [0.4, 0.5) is 0 Å². The van der Waals surface area contributed by atoms with E-state index in [0.717, 1.165) is 18.4 Å². The molecule has 1 amide bonds. The Balaban J connectivity index is 1.80. The molecule has 1 aromatic carbocycles. The number of amides is 1. The highest BCUT2D eigenvalue weighted by atomic mass is 35.5. The van der Waals surface area contributed by atoms with E-state index in [0.29, 0.717) is 22.4 Å². The Morgan fingerprint density at radius 2 is 2.32 bits per heavy atom. The van der Waals surface area contributed by atoms with Gasteiger partial charge in [0, 0.05) is 5.56 Å². The molecule has 0 aliphatic carbocycles. The zero-order valence-corrected chi connectivity index (χ0v) is 13.1. The van der Waals surface area contributed by atoms with E-state index in [-0.39, 0.29) is 18.5 Å². The monoisotopic (exact) mass is 340 g/mol. The first-order chi connectivity index (χ1) is 10.6. The number of carbonyl (C=O) groups is 1. The van der Waals surface area contributed by atoms with Crippen LogP contribution in [0, 0.1) is 0 Å². The maximum atomic E-state index is 12.2. The lowest BCUT2D eigenvalue weighted by Crippen LogP contribution is -2.31. The summed E-state index contributed by atoms with van der Waals surface area (Å²) in [7, 11) is 0. The van der Waals surface area contributed by atoms with Gasteiger partial charge in [-0.15, -0.1) is 0 Å². The summed E-state index contributed by atoms with van der Waals surface area (Å²) in [6, 6.07) is 3.40. The highest BCUT2D eigenvalue weighted by Gasteiger charge is 2.24. The van der Waals surface area contributed by atoms with Gasteiger partial charge < -0.3 is 10.1 Å². The van der Waals surface area contributed by atoms with Crippen molar-refractivity contribution in [3.63, 3.8) is 0 Å². The fraction of sp³-hybridized carbons (Fsp3) is 0.357. The van der Waals surface area contributed by atoms with Gasteiger partial charge in [0.1, 0.15) is 30.0 Å². The Labute approximate surface area is 137 Å². The number of carbonyl (C=O) groups excluding carboxylic acids is 1. The summed E-state index contributed by atoms with van der Waals surface area (Å²) in [5.74, 6) is 0.409. The minimum absolute atomic E-state index is 0.119. The quantitative estimate of drug-likeness (QED) is 0.932. The minimum Gasteiger partial charge on any atom is -0.492 e. The summed E-state index contributed by atoms with van der Waals surface area (Å²) >= 11 is 12.2. The van der Waals surface area contributed by atoms with E-state index in [1.807, 2.05) is 6.07 Å². The first-order valence-corrected chi connectivity index (χ1v) is 7.63. The van der Waals surface area contributed by atoms with Crippen LogP contribution in [-0.2, 0) is 11.3 Å². The second-order valence-corrected chi connectivity index (χ2v) is 5.77. The van der Waals surface area contributed by atoms with Gasteiger partial charge in [-0.1, -0.05) is 29.3 Å². The number of nitrogens with zero attached hydrogens (tertiary/aromatic N) is 3. The molecule has 2 heterocycles. The highest BCUT2D eigenvalue weighted by Crippen LogP contribution is 2.40. The van der Waals surface area contributed by atoms with Gasteiger partial charge in [-0.25, -0.2) is 9.67 Å². The summed E-state index contributed by atoms with van der Waals surface area (Å²) in [5.41, 5.74) is 0.846. The molecule has 1 aromatic heterocycles. The fourth-order valence-corrected chi connectivity index (χ4v) is 2.81. The van der Waals surface area contributed by atoms with Crippen LogP contribution in [-0.4, -0.2) is 27.3 Å². The highest BCUT2D eigenvalue weighted by molar-refractivity contribution is 6.43. The number of nitrogens with one attached hydrogen (secondary N) is 1. The Bertz CT molecular complexity index is 676. The molecular formula is C14H14Cl2N4O2. The van der Waals surface area contributed by atoms with E-state index < -0.39 is 0 Å². The molecule has 8 heteroatoms. The van der Waals surface area contributed by atoms with Gasteiger partial charge in [0.25, 0.3) is 0 Å². The van der Waals surface area contributed by atoms with Crippen molar-refractivity contribution < 1.29 is 9.53 Å². The number of rotatable bonds is 3. The zero-order chi connectivity index (χ0) is 15.5. The number of hydrogen-bond donors (Lipinski definition) is 1. The van der Waals surface area contributed by atoms with Gasteiger partial charge in [-0.05, 0) is 18.9 Å². The van der Waals surface area contributed by atoms with Crippen molar-refractivity contribution >= 4 is 29.1 Å². The molecule has 0 saturated heterocycles. The third-order valence-electron chi connectivity index (χ3n) is 3.45. The maximum absolute atomic E-state index is 12.2. The lowest BCUT2D eigenvalue weighted by Gasteiger charge is -2.19. The Hall–Kier alpha value is -1.79. The fourth-order valence-electron chi connectivity index (χ4n) is 2.44. The molecule has 1 aliphatic heterocycles. The normalized spacial score (nSPS) is 17.3. The van der Waals surface area contributed by atoms with Gasteiger partial charge >= 0.3 is 0 Å². The lowest BCUT2D eigenvalue weighted by molar-refractivity contribution is -0.122. The number of hydrogen-bond acceptors (Lipinski definition) is 4. The second-order valence-electron chi connectivity index (χ2n) is 4.98. The molecule has 1 aliphatic rings. The van der Waals surface area contributed by atoms with Crippen LogP contribution < -0.4 is 10.1 Å². The molecule has 3 rings (SSSR count). The Morgan fingerprint density at radius 3 is 3.09 bits per heavy atom. The van der Waals surface area contributed by atoms with E-state index in [4.69, 9.17) is 27.9 Å². The number of fused-ring (bicyclic) bond motifs is 1. The summed E-state index contributed by atoms with van der Waals surface area (Å²) in [4.78, 5) is 16.0. The predicted octanol–water partition coefficient (Wildman–Crippen LogP) is 2.62. The van der Waals surface area contributed by atoms with Crippen LogP contribution >= 0.6 is 23.2 Å². The van der Waals surface area contributed by atoms with Gasteiger partial charge in [-0.3, -0.25) is 4.79 Å². The van der Waals surface area contributed by atoms with Gasteiger partial charge in [0.05, 0.1) is 17.7 Å². The summed E-state index contributed by atoms with van der Waals surface area (Å²) < 4.78 is 7.15. The average Bonchev–Trinajstić information content (AvgIpc) is 2.91. The number of ether oxygens (including phenoxy) is 1. The average molecular weight is 341 g/mol. The summed E-state index contributed by atoms with van der Waals surface area (Å²) in [5, 5.41) is 7.74. The van der Waals surface area contributed by atoms with Crippen LogP contribution in [0.1, 0.15) is 24.4 Å². The standard InChI is InChI=1S/C14H14Cl2N4O2/c15-10-4-3-9-11(2-1-5-22-14(9)13(10)16)19-12(21)6-20-8-17-7-18-20/h3-4,7-8,11H,1-2,5-6H2,(H,19,21). The summed E-state index contributed by atoms with van der Waals surface area (Å²) in [6.45, 7) is 0.663. The largest absolute Gasteiger partial charge is 0.492 e. The van der Waals surface area contributed by atoms with Gasteiger partial charge in [0.2, 0.25) is 5.91 Å². The third-order valence-corrected chi connectivity index (χ3v) is 4.23. The molecule has 0 spiro atoms. The Kier molecular flexibility index (Phi) is 4.49. The van der Waals surface area contributed by atoms with Crippen molar-refractivity contribution in [3.8, 4) is 5.75 Å². The molecule has 0 fully saturated rings. The van der Waals surface area contributed by atoms with E-state index in [1.54, 1.807) is 6.07 Å². The van der Waals surface area contributed by atoms with Crippen molar-refractivity contribution in [1.82, 2.24) is 20.1 Å². The van der Waals surface area contributed by atoms with Crippen molar-refractivity contribution in [1.29, 1.82) is 0 Å². The predicted molar refractivity (Wildman–Crippen MR) is 82.1 cm³/mol. The van der Waals surface area contributed by atoms with Crippen LogP contribution in [0.5, 0.6) is 5.75 Å². The van der Waals surface area contributed by atoms with Crippen LogP contribution in [0.2, 0.25) is 10.0 Å². The van der Waals surface area contributed by atoms with Gasteiger partial charge in [0.15, 0.2) is 0 Å². The van der Waals surface area contributed by atoms with Crippen molar-refractivity contribution in [2.45, 2.75) is 25.4 Å². The molecule has 1 atom stereocenters. The lowest BCUT2D eigenvalue weighted by atomic mass is 10.0. The van der Waals surface area contributed by atoms with Crippen LogP contribution in [0.15, 0.2) is 24.8 Å². The topological polar surface area (TPSA) is 69.0 Å². The minimum atomic E-state index is -0.164. The molecule has 1 unspecified atom stereocenters. The van der Waals surface area contributed by atoms with Crippen LogP contribution in [0.25, 0.3) is 0 Å². The van der Waals surface area contributed by atoms with Crippen molar-refractivity contribution in [2.24, 2.45) is 0 Å². The molecule has 0 saturated carbocycles. The summed E-state index contributed by atoms with van der Waals surface area (Å²) in [6.07, 6.45) is 4.48. The van der Waals surface area contributed by atoms with Gasteiger partial charge in [-0.2, -0.15) is 5.10 Å². The maximum Gasteiger partial charge on any atom is 0.242 e. The first-order valence-electron chi connectivity index (χ1n) is 6.87. The SMILES string of the molecule is O=C(Cn1cncn1)NC1CCCOc2c1ccc(Cl)c2Cl. The number of aromatic nitrogens is 3. The molecule has 22 heavy (non-hydrogen) atoms. The van der Waals surface area contributed by atoms with E-state index in [2.05, 4.69) is 15.4 Å². The first kappa shape index (κ1) is 15.1. The van der Waals surface area contributed by atoms with Crippen molar-refractivity contribution in [2.75, 3.05) is 6.61 Å². The second kappa shape index (κ2) is 6.54. The van der Waals surface area contributed by atoms with Crippen molar-refractivity contribution in [3.05, 3.63) is 40.4 Å². The van der Waals surface area contributed by atoms with E-state index in [9.17, 15) is 4.79 Å². The molecule has 1 N–H and O–H groups in total. The number of halogens is 2. The molecule has 0 radical (unpaired) electrons.